The van der Waals surface area contributed by atoms with E-state index >= 15 is 0 Å². The number of allylic oxidation sites excluding steroid dienone is 4. The van der Waals surface area contributed by atoms with E-state index in [1.54, 1.807) is 13.2 Å². The highest BCUT2D eigenvalue weighted by atomic mass is 16.5. The van der Waals surface area contributed by atoms with Crippen LogP contribution in [0.25, 0.3) is 0 Å². The molecule has 1 heteroatoms. The van der Waals surface area contributed by atoms with Gasteiger partial charge in [-0.15, -0.1) is 0 Å². The minimum absolute atomic E-state index is 0.605. The molecular weight excluding hydrogens is 148 g/mol. The summed E-state index contributed by atoms with van der Waals surface area (Å²) in [6.07, 6.45) is 8.84. The fraction of sp³-hybridized carbons (Fsp3) is 0.455. The molecule has 0 saturated carbocycles. The normalized spacial score (nSPS) is 14.8. The third-order valence-electron chi connectivity index (χ3n) is 1.75. The van der Waals surface area contributed by atoms with E-state index in [0.29, 0.717) is 5.92 Å². The first-order valence-electron chi connectivity index (χ1n) is 4.29. The molecule has 1 atom stereocenters. The van der Waals surface area contributed by atoms with Crippen molar-refractivity contribution in [2.45, 2.75) is 20.3 Å². The van der Waals surface area contributed by atoms with Crippen molar-refractivity contribution >= 4 is 0 Å². The zero-order valence-electron chi connectivity index (χ0n) is 8.21. The minimum Gasteiger partial charge on any atom is -0.497 e. The molecule has 0 aliphatic rings. The maximum absolute atomic E-state index is 5.09. The number of ether oxygens (including phenoxy) is 1. The first-order valence-corrected chi connectivity index (χ1v) is 4.29. The standard InChI is InChI=1S/C11H18O/c1-5-7-11(12-4)9-8-10(3)6-2/h5,7-10H,1,6H2,2-4H3/b9-8-,11-7+. The average Bonchev–Trinajstić information content (AvgIpc) is 2.11. The Morgan fingerprint density at radius 2 is 2.25 bits per heavy atom. The SMILES string of the molecule is C=C/C=C(\C=C/C(C)CC)OC. The molecule has 0 aliphatic heterocycles. The molecule has 0 amide bonds. The first-order chi connectivity index (χ1) is 5.74. The van der Waals surface area contributed by atoms with Crippen LogP contribution in [-0.4, -0.2) is 7.11 Å². The second-order valence-corrected chi connectivity index (χ2v) is 2.75. The van der Waals surface area contributed by atoms with Crippen LogP contribution in [-0.2, 0) is 4.74 Å². The largest absolute Gasteiger partial charge is 0.497 e. The van der Waals surface area contributed by atoms with Crippen molar-refractivity contribution in [3.63, 3.8) is 0 Å². The van der Waals surface area contributed by atoms with Crippen LogP contribution < -0.4 is 0 Å². The van der Waals surface area contributed by atoms with Crippen molar-refractivity contribution in [2.75, 3.05) is 7.11 Å². The summed E-state index contributed by atoms with van der Waals surface area (Å²) in [7, 11) is 1.66. The lowest BCUT2D eigenvalue weighted by molar-refractivity contribution is 0.306. The molecule has 0 N–H and O–H groups in total. The fourth-order valence-electron chi connectivity index (χ4n) is 0.703. The van der Waals surface area contributed by atoms with Gasteiger partial charge in [-0.1, -0.05) is 39.0 Å². The van der Waals surface area contributed by atoms with Crippen molar-refractivity contribution in [3.8, 4) is 0 Å². The lowest BCUT2D eigenvalue weighted by Gasteiger charge is -2.01. The third-order valence-corrected chi connectivity index (χ3v) is 1.75. The molecule has 1 nitrogen and oxygen atoms in total. The summed E-state index contributed by atoms with van der Waals surface area (Å²) in [6.45, 7) is 7.95. The summed E-state index contributed by atoms with van der Waals surface area (Å²) in [6, 6.07) is 0. The summed E-state index contributed by atoms with van der Waals surface area (Å²) in [4.78, 5) is 0. The van der Waals surface area contributed by atoms with Crippen LogP contribution in [0.3, 0.4) is 0 Å². The van der Waals surface area contributed by atoms with Crippen LogP contribution in [0.2, 0.25) is 0 Å². The Balaban J connectivity index is 4.09. The second kappa shape index (κ2) is 6.71. The monoisotopic (exact) mass is 166 g/mol. The van der Waals surface area contributed by atoms with Crippen molar-refractivity contribution in [3.05, 3.63) is 36.6 Å². The molecule has 0 aromatic carbocycles. The molecule has 0 aliphatic carbocycles. The lowest BCUT2D eigenvalue weighted by atomic mass is 10.1. The van der Waals surface area contributed by atoms with Gasteiger partial charge in [0.15, 0.2) is 0 Å². The molecule has 0 saturated heterocycles. The average molecular weight is 166 g/mol. The molecule has 0 aromatic heterocycles. The lowest BCUT2D eigenvalue weighted by Crippen LogP contribution is -1.86. The fourth-order valence-corrected chi connectivity index (χ4v) is 0.703. The van der Waals surface area contributed by atoms with E-state index in [9.17, 15) is 0 Å². The van der Waals surface area contributed by atoms with E-state index < -0.39 is 0 Å². The van der Waals surface area contributed by atoms with Gasteiger partial charge in [-0.3, -0.25) is 0 Å². The van der Waals surface area contributed by atoms with Gasteiger partial charge >= 0.3 is 0 Å². The Bertz CT molecular complexity index is 177. The predicted molar refractivity (Wildman–Crippen MR) is 53.9 cm³/mol. The number of methoxy groups -OCH3 is 1. The van der Waals surface area contributed by atoms with Gasteiger partial charge in [-0.25, -0.2) is 0 Å². The van der Waals surface area contributed by atoms with E-state index in [4.69, 9.17) is 4.74 Å². The predicted octanol–water partition coefficient (Wildman–Crippen LogP) is 3.31. The van der Waals surface area contributed by atoms with Gasteiger partial charge in [0.2, 0.25) is 0 Å². The van der Waals surface area contributed by atoms with Gasteiger partial charge in [-0.2, -0.15) is 0 Å². The van der Waals surface area contributed by atoms with E-state index in [2.05, 4.69) is 26.5 Å². The molecule has 0 aromatic rings. The molecule has 0 rings (SSSR count). The molecule has 0 heterocycles. The van der Waals surface area contributed by atoms with Gasteiger partial charge < -0.3 is 4.74 Å². The van der Waals surface area contributed by atoms with Gasteiger partial charge in [0.1, 0.15) is 5.76 Å². The maximum atomic E-state index is 5.09. The molecule has 0 fully saturated rings. The van der Waals surface area contributed by atoms with Gasteiger partial charge in [0.05, 0.1) is 7.11 Å². The molecule has 68 valence electrons. The molecule has 0 radical (unpaired) electrons. The smallest absolute Gasteiger partial charge is 0.118 e. The summed E-state index contributed by atoms with van der Waals surface area (Å²) in [5.74, 6) is 1.46. The Kier molecular flexibility index (Phi) is 6.16. The summed E-state index contributed by atoms with van der Waals surface area (Å²) in [5, 5.41) is 0. The van der Waals surface area contributed by atoms with E-state index in [-0.39, 0.29) is 0 Å². The Morgan fingerprint density at radius 3 is 2.67 bits per heavy atom. The maximum Gasteiger partial charge on any atom is 0.118 e. The highest BCUT2D eigenvalue weighted by Gasteiger charge is 1.91. The summed E-state index contributed by atoms with van der Waals surface area (Å²) in [5.41, 5.74) is 0. The molecule has 0 spiro atoms. The van der Waals surface area contributed by atoms with E-state index in [1.165, 1.54) is 0 Å². The number of rotatable bonds is 5. The third kappa shape index (κ3) is 4.78. The first kappa shape index (κ1) is 11.0. The molecule has 12 heavy (non-hydrogen) atoms. The Morgan fingerprint density at radius 1 is 1.58 bits per heavy atom. The quantitative estimate of drug-likeness (QED) is 0.450. The molecular formula is C11H18O. The zero-order valence-corrected chi connectivity index (χ0v) is 8.21. The van der Waals surface area contributed by atoms with E-state index in [0.717, 1.165) is 12.2 Å². The second-order valence-electron chi connectivity index (χ2n) is 2.75. The van der Waals surface area contributed by atoms with Gasteiger partial charge in [0, 0.05) is 0 Å². The van der Waals surface area contributed by atoms with Crippen LogP contribution in [0.15, 0.2) is 36.6 Å². The Labute approximate surface area is 75.4 Å². The summed E-state index contributed by atoms with van der Waals surface area (Å²) >= 11 is 0. The van der Waals surface area contributed by atoms with Crippen LogP contribution in [0, 0.1) is 5.92 Å². The van der Waals surface area contributed by atoms with E-state index in [1.807, 2.05) is 12.2 Å². The van der Waals surface area contributed by atoms with Crippen molar-refractivity contribution < 1.29 is 4.74 Å². The van der Waals surface area contributed by atoms with Gasteiger partial charge in [0.25, 0.3) is 0 Å². The molecule has 0 bridgehead atoms. The topological polar surface area (TPSA) is 9.23 Å². The van der Waals surface area contributed by atoms with Crippen LogP contribution >= 0.6 is 0 Å². The van der Waals surface area contributed by atoms with Crippen LogP contribution in [0.4, 0.5) is 0 Å². The highest BCUT2D eigenvalue weighted by molar-refractivity contribution is 5.17. The van der Waals surface area contributed by atoms with Crippen molar-refractivity contribution in [1.82, 2.24) is 0 Å². The Hall–Kier alpha value is -0.980. The van der Waals surface area contributed by atoms with Crippen LogP contribution in [0.5, 0.6) is 0 Å². The van der Waals surface area contributed by atoms with Crippen LogP contribution in [0.1, 0.15) is 20.3 Å². The summed E-state index contributed by atoms with van der Waals surface area (Å²) < 4.78 is 5.09. The van der Waals surface area contributed by atoms with Crippen molar-refractivity contribution in [1.29, 1.82) is 0 Å². The van der Waals surface area contributed by atoms with Crippen molar-refractivity contribution in [2.24, 2.45) is 5.92 Å². The number of hydrogen-bond donors (Lipinski definition) is 0. The highest BCUT2D eigenvalue weighted by Crippen LogP contribution is 2.05. The minimum atomic E-state index is 0.605. The number of hydrogen-bond acceptors (Lipinski definition) is 1. The van der Waals surface area contributed by atoms with Gasteiger partial charge in [-0.05, 0) is 18.1 Å². The molecule has 1 unspecified atom stereocenters. The zero-order chi connectivity index (χ0) is 9.40.